The first-order valence-electron chi connectivity index (χ1n) is 6.97. The fraction of sp³-hybridized carbons (Fsp3) is 0.385. The normalized spacial score (nSPS) is 10.7. The van der Waals surface area contributed by atoms with E-state index in [0.29, 0.717) is 31.0 Å². The quantitative estimate of drug-likeness (QED) is 0.721. The molecule has 0 aliphatic rings. The molecule has 3 heterocycles. The third-order valence-corrected chi connectivity index (χ3v) is 3.32. The molecule has 0 saturated carbocycles. The SMILES string of the molecule is CCn1cnnc1CNc1ncnc2c1cnn2CCC#N. The number of aryl methyl sites for hydroxylation is 2. The minimum atomic E-state index is 0.392. The van der Waals surface area contributed by atoms with Crippen LogP contribution in [0.3, 0.4) is 0 Å². The van der Waals surface area contributed by atoms with E-state index in [1.54, 1.807) is 17.2 Å². The van der Waals surface area contributed by atoms with E-state index < -0.39 is 0 Å². The maximum absolute atomic E-state index is 8.68. The molecule has 0 unspecified atom stereocenters. The Kier molecular flexibility index (Phi) is 3.91. The molecule has 0 aliphatic heterocycles. The van der Waals surface area contributed by atoms with Crippen LogP contribution >= 0.6 is 0 Å². The van der Waals surface area contributed by atoms with Crippen LogP contribution in [0.5, 0.6) is 0 Å². The summed E-state index contributed by atoms with van der Waals surface area (Å²) in [5.74, 6) is 1.53. The van der Waals surface area contributed by atoms with Gasteiger partial charge in [-0.1, -0.05) is 0 Å². The molecule has 0 saturated heterocycles. The molecule has 9 nitrogen and oxygen atoms in total. The molecule has 0 fully saturated rings. The zero-order valence-electron chi connectivity index (χ0n) is 12.1. The highest BCUT2D eigenvalue weighted by molar-refractivity contribution is 5.85. The highest BCUT2D eigenvalue weighted by Gasteiger charge is 2.10. The van der Waals surface area contributed by atoms with Crippen LogP contribution in [-0.4, -0.2) is 34.5 Å². The molecule has 3 aromatic heterocycles. The fourth-order valence-electron chi connectivity index (χ4n) is 2.20. The number of aromatic nitrogens is 7. The van der Waals surface area contributed by atoms with Crippen molar-refractivity contribution in [3.8, 4) is 6.07 Å². The van der Waals surface area contributed by atoms with Crippen molar-refractivity contribution in [3.63, 3.8) is 0 Å². The zero-order valence-corrected chi connectivity index (χ0v) is 12.1. The Morgan fingerprint density at radius 1 is 1.36 bits per heavy atom. The van der Waals surface area contributed by atoms with Crippen LogP contribution in [0.15, 0.2) is 18.9 Å². The van der Waals surface area contributed by atoms with Crippen molar-refractivity contribution in [1.82, 2.24) is 34.5 Å². The van der Waals surface area contributed by atoms with Crippen molar-refractivity contribution >= 4 is 16.9 Å². The molecule has 9 heteroatoms. The largest absolute Gasteiger partial charge is 0.362 e. The molecule has 0 atom stereocenters. The molecule has 0 amide bonds. The molecule has 3 aromatic rings. The number of nitrogens with zero attached hydrogens (tertiary/aromatic N) is 8. The molecule has 22 heavy (non-hydrogen) atoms. The van der Waals surface area contributed by atoms with Crippen LogP contribution in [-0.2, 0) is 19.6 Å². The Morgan fingerprint density at radius 2 is 2.27 bits per heavy atom. The predicted octanol–water partition coefficient (Wildman–Crippen LogP) is 0.963. The number of hydrogen-bond acceptors (Lipinski definition) is 7. The van der Waals surface area contributed by atoms with Gasteiger partial charge in [0.25, 0.3) is 0 Å². The summed E-state index contributed by atoms with van der Waals surface area (Å²) in [6.07, 6.45) is 5.29. The van der Waals surface area contributed by atoms with Crippen LogP contribution < -0.4 is 5.32 Å². The molecule has 0 bridgehead atoms. The smallest absolute Gasteiger partial charge is 0.163 e. The molecular formula is C13H15N9. The topological polar surface area (TPSA) is 110 Å². The molecule has 1 N–H and O–H groups in total. The fourth-order valence-corrected chi connectivity index (χ4v) is 2.20. The van der Waals surface area contributed by atoms with E-state index in [2.05, 4.69) is 36.7 Å². The molecule has 3 rings (SSSR count). The zero-order chi connectivity index (χ0) is 15.4. The van der Waals surface area contributed by atoms with E-state index in [9.17, 15) is 0 Å². The van der Waals surface area contributed by atoms with Gasteiger partial charge in [0.05, 0.1) is 37.2 Å². The van der Waals surface area contributed by atoms with Gasteiger partial charge in [0.15, 0.2) is 11.5 Å². The molecule has 0 spiro atoms. The van der Waals surface area contributed by atoms with Crippen LogP contribution in [0.25, 0.3) is 11.0 Å². The second-order valence-electron chi connectivity index (χ2n) is 4.62. The third-order valence-electron chi connectivity index (χ3n) is 3.32. The Morgan fingerprint density at radius 3 is 3.09 bits per heavy atom. The van der Waals surface area contributed by atoms with Gasteiger partial charge in [0.2, 0.25) is 0 Å². The van der Waals surface area contributed by atoms with Crippen molar-refractivity contribution in [1.29, 1.82) is 5.26 Å². The lowest BCUT2D eigenvalue weighted by molar-refractivity contribution is 0.643. The molecule has 0 aromatic carbocycles. The maximum atomic E-state index is 8.68. The Labute approximate surface area is 126 Å². The average Bonchev–Trinajstić information content (AvgIpc) is 3.17. The number of nitrogens with one attached hydrogen (secondary N) is 1. The van der Waals surface area contributed by atoms with Gasteiger partial charge in [-0.25, -0.2) is 14.6 Å². The summed E-state index contributed by atoms with van der Waals surface area (Å²) in [6.45, 7) is 3.88. The van der Waals surface area contributed by atoms with E-state index >= 15 is 0 Å². The molecule has 0 aliphatic carbocycles. The lowest BCUT2D eigenvalue weighted by Crippen LogP contribution is -2.09. The summed E-state index contributed by atoms with van der Waals surface area (Å²) in [4.78, 5) is 8.50. The van der Waals surface area contributed by atoms with Crippen molar-refractivity contribution < 1.29 is 0 Å². The van der Waals surface area contributed by atoms with Gasteiger partial charge in [0.1, 0.15) is 18.5 Å². The van der Waals surface area contributed by atoms with Crippen molar-refractivity contribution in [3.05, 3.63) is 24.7 Å². The van der Waals surface area contributed by atoms with Gasteiger partial charge < -0.3 is 9.88 Å². The summed E-state index contributed by atoms with van der Waals surface area (Å²) in [6, 6.07) is 2.10. The Balaban J connectivity index is 1.82. The number of hydrogen-bond donors (Lipinski definition) is 1. The van der Waals surface area contributed by atoms with E-state index in [4.69, 9.17) is 5.26 Å². The van der Waals surface area contributed by atoms with E-state index in [1.807, 2.05) is 11.5 Å². The van der Waals surface area contributed by atoms with Crippen molar-refractivity contribution in [2.75, 3.05) is 5.32 Å². The van der Waals surface area contributed by atoms with Crippen LogP contribution in [0.4, 0.5) is 5.82 Å². The maximum Gasteiger partial charge on any atom is 0.163 e. The minimum Gasteiger partial charge on any atom is -0.362 e. The Hall–Kier alpha value is -3.02. The van der Waals surface area contributed by atoms with Gasteiger partial charge in [0, 0.05) is 6.54 Å². The number of rotatable bonds is 6. The number of anilines is 1. The van der Waals surface area contributed by atoms with Gasteiger partial charge in [-0.3, -0.25) is 0 Å². The third kappa shape index (κ3) is 2.58. The predicted molar refractivity (Wildman–Crippen MR) is 78.6 cm³/mol. The van der Waals surface area contributed by atoms with E-state index in [-0.39, 0.29) is 0 Å². The van der Waals surface area contributed by atoms with Crippen molar-refractivity contribution in [2.45, 2.75) is 33.0 Å². The average molecular weight is 297 g/mol. The van der Waals surface area contributed by atoms with Crippen molar-refractivity contribution in [2.24, 2.45) is 0 Å². The summed E-state index contributed by atoms with van der Waals surface area (Å²) in [5.41, 5.74) is 0.713. The highest BCUT2D eigenvalue weighted by Crippen LogP contribution is 2.19. The van der Waals surface area contributed by atoms with Crippen LogP contribution in [0.2, 0.25) is 0 Å². The Bertz CT molecular complexity index is 810. The lowest BCUT2D eigenvalue weighted by atomic mass is 10.4. The second kappa shape index (κ2) is 6.17. The summed E-state index contributed by atoms with van der Waals surface area (Å²) < 4.78 is 3.67. The summed E-state index contributed by atoms with van der Waals surface area (Å²) in [5, 5.41) is 25.0. The monoisotopic (exact) mass is 297 g/mol. The van der Waals surface area contributed by atoms with Gasteiger partial charge in [-0.05, 0) is 6.92 Å². The van der Waals surface area contributed by atoms with Gasteiger partial charge in [-0.15, -0.1) is 10.2 Å². The first-order valence-corrected chi connectivity index (χ1v) is 6.97. The van der Waals surface area contributed by atoms with Crippen LogP contribution in [0, 0.1) is 11.3 Å². The number of fused-ring (bicyclic) bond motifs is 1. The molecule has 0 radical (unpaired) electrons. The molecule has 112 valence electrons. The van der Waals surface area contributed by atoms with Crippen LogP contribution in [0.1, 0.15) is 19.2 Å². The minimum absolute atomic E-state index is 0.392. The molecular weight excluding hydrogens is 282 g/mol. The van der Waals surface area contributed by atoms with E-state index in [0.717, 1.165) is 17.8 Å². The highest BCUT2D eigenvalue weighted by atomic mass is 15.3. The van der Waals surface area contributed by atoms with E-state index in [1.165, 1.54) is 6.33 Å². The second-order valence-corrected chi connectivity index (χ2v) is 4.62. The first kappa shape index (κ1) is 13.9. The van der Waals surface area contributed by atoms with Gasteiger partial charge in [-0.2, -0.15) is 10.4 Å². The lowest BCUT2D eigenvalue weighted by Gasteiger charge is -2.07. The number of nitriles is 1. The standard InChI is InChI=1S/C13H15N9/c1-2-21-9-18-20-11(21)7-15-12-10-6-19-22(5-3-4-14)13(10)17-8-16-12/h6,8-9H,2-3,5,7H2,1H3,(H,15,16,17). The first-order chi connectivity index (χ1) is 10.8. The summed E-state index contributed by atoms with van der Waals surface area (Å²) in [7, 11) is 0. The summed E-state index contributed by atoms with van der Waals surface area (Å²) >= 11 is 0. The van der Waals surface area contributed by atoms with Gasteiger partial charge >= 0.3 is 0 Å².